The summed E-state index contributed by atoms with van der Waals surface area (Å²) in [5, 5.41) is 0. The first-order valence-electron chi connectivity index (χ1n) is 11.6. The van der Waals surface area contributed by atoms with Gasteiger partial charge in [-0.15, -0.1) is 0 Å². The predicted molar refractivity (Wildman–Crippen MR) is 126 cm³/mol. The molecule has 1 atom stereocenters. The van der Waals surface area contributed by atoms with Gasteiger partial charge in [-0.25, -0.2) is 13.8 Å². The SMILES string of the molecule is CC(C)C(C(=O)N1CCN(C(=O)C(C)(C)c2ccccc2)CC1)n1cnc2cc(F)c(F)cc21. The van der Waals surface area contributed by atoms with Crippen molar-refractivity contribution in [1.29, 1.82) is 0 Å². The van der Waals surface area contributed by atoms with Crippen molar-refractivity contribution in [1.82, 2.24) is 19.4 Å². The Balaban J connectivity index is 1.50. The number of hydrogen-bond donors (Lipinski definition) is 0. The van der Waals surface area contributed by atoms with Crippen LogP contribution in [0.2, 0.25) is 0 Å². The first-order chi connectivity index (χ1) is 16.1. The highest BCUT2D eigenvalue weighted by molar-refractivity contribution is 5.88. The standard InChI is InChI=1S/C26H30F2N4O2/c1-17(2)23(32-16-29-21-14-19(27)20(28)15-22(21)32)24(33)30-10-12-31(13-11-30)25(34)26(3,4)18-8-6-5-7-9-18/h5-9,14-17,23H,10-13H2,1-4H3. The Bertz CT molecular complexity index is 1200. The number of rotatable bonds is 5. The molecule has 180 valence electrons. The van der Waals surface area contributed by atoms with Gasteiger partial charge in [-0.2, -0.15) is 0 Å². The minimum Gasteiger partial charge on any atom is -0.338 e. The summed E-state index contributed by atoms with van der Waals surface area (Å²) >= 11 is 0. The molecule has 0 aliphatic carbocycles. The van der Waals surface area contributed by atoms with E-state index in [0.717, 1.165) is 17.7 Å². The van der Waals surface area contributed by atoms with E-state index in [2.05, 4.69) is 4.98 Å². The number of nitrogens with zero attached hydrogens (tertiary/aromatic N) is 4. The second-order valence-corrected chi connectivity index (χ2v) is 9.70. The number of imidazole rings is 1. The lowest BCUT2D eigenvalue weighted by molar-refractivity contribution is -0.144. The van der Waals surface area contributed by atoms with E-state index >= 15 is 0 Å². The zero-order valence-corrected chi connectivity index (χ0v) is 20.0. The Morgan fingerprint density at radius 3 is 2.15 bits per heavy atom. The summed E-state index contributed by atoms with van der Waals surface area (Å²) < 4.78 is 29.2. The van der Waals surface area contributed by atoms with Crippen LogP contribution in [0.15, 0.2) is 48.8 Å². The first-order valence-corrected chi connectivity index (χ1v) is 11.6. The highest BCUT2D eigenvalue weighted by atomic mass is 19.2. The lowest BCUT2D eigenvalue weighted by Gasteiger charge is -2.40. The molecule has 1 aromatic heterocycles. The molecule has 34 heavy (non-hydrogen) atoms. The average Bonchev–Trinajstić information content (AvgIpc) is 3.21. The van der Waals surface area contributed by atoms with Crippen LogP contribution in [0.5, 0.6) is 0 Å². The van der Waals surface area contributed by atoms with Crippen molar-refractivity contribution in [3.8, 4) is 0 Å². The molecule has 1 unspecified atom stereocenters. The molecule has 2 heterocycles. The molecule has 1 saturated heterocycles. The second-order valence-electron chi connectivity index (χ2n) is 9.70. The van der Waals surface area contributed by atoms with Crippen LogP contribution >= 0.6 is 0 Å². The van der Waals surface area contributed by atoms with Crippen molar-refractivity contribution < 1.29 is 18.4 Å². The van der Waals surface area contributed by atoms with Crippen LogP contribution in [0.4, 0.5) is 8.78 Å². The van der Waals surface area contributed by atoms with Gasteiger partial charge in [0.1, 0.15) is 6.04 Å². The fourth-order valence-electron chi connectivity index (χ4n) is 4.66. The molecule has 8 heteroatoms. The number of carbonyl (C=O) groups excluding carboxylic acids is 2. The molecule has 1 fully saturated rings. The van der Waals surface area contributed by atoms with Crippen molar-refractivity contribution in [3.63, 3.8) is 0 Å². The van der Waals surface area contributed by atoms with Gasteiger partial charge in [0.05, 0.1) is 22.8 Å². The van der Waals surface area contributed by atoms with Gasteiger partial charge < -0.3 is 14.4 Å². The lowest BCUT2D eigenvalue weighted by atomic mass is 9.83. The monoisotopic (exact) mass is 468 g/mol. The van der Waals surface area contributed by atoms with Gasteiger partial charge in [0.25, 0.3) is 0 Å². The van der Waals surface area contributed by atoms with Crippen molar-refractivity contribution in [2.45, 2.75) is 39.2 Å². The number of carbonyl (C=O) groups is 2. The molecule has 0 radical (unpaired) electrons. The van der Waals surface area contributed by atoms with Crippen LogP contribution in [0.1, 0.15) is 39.3 Å². The molecule has 2 aromatic carbocycles. The zero-order valence-electron chi connectivity index (χ0n) is 20.0. The van der Waals surface area contributed by atoms with Gasteiger partial charge in [0, 0.05) is 38.3 Å². The van der Waals surface area contributed by atoms with Crippen molar-refractivity contribution >= 4 is 22.8 Å². The van der Waals surface area contributed by atoms with Gasteiger partial charge in [0.2, 0.25) is 11.8 Å². The molecule has 1 aliphatic rings. The van der Waals surface area contributed by atoms with Crippen LogP contribution in [0, 0.1) is 17.6 Å². The maximum Gasteiger partial charge on any atom is 0.246 e. The van der Waals surface area contributed by atoms with E-state index < -0.39 is 23.1 Å². The van der Waals surface area contributed by atoms with Gasteiger partial charge in [-0.3, -0.25) is 9.59 Å². The number of halogens is 2. The number of hydrogen-bond acceptors (Lipinski definition) is 3. The van der Waals surface area contributed by atoms with Crippen molar-refractivity contribution in [2.24, 2.45) is 5.92 Å². The average molecular weight is 469 g/mol. The number of aromatic nitrogens is 2. The Kier molecular flexibility index (Phi) is 6.43. The molecule has 0 saturated carbocycles. The third kappa shape index (κ3) is 4.29. The smallest absolute Gasteiger partial charge is 0.246 e. The highest BCUT2D eigenvalue weighted by Gasteiger charge is 2.37. The van der Waals surface area contributed by atoms with Gasteiger partial charge in [-0.05, 0) is 25.3 Å². The van der Waals surface area contributed by atoms with Gasteiger partial charge in [-0.1, -0.05) is 44.2 Å². The van der Waals surface area contributed by atoms with Crippen molar-refractivity contribution in [3.05, 3.63) is 66.0 Å². The summed E-state index contributed by atoms with van der Waals surface area (Å²) in [5.41, 5.74) is 0.970. The number of piperazine rings is 1. The van der Waals surface area contributed by atoms with Crippen LogP contribution in [0.25, 0.3) is 11.0 Å². The normalized spacial score (nSPS) is 15.7. The molecular weight excluding hydrogens is 438 g/mol. The minimum absolute atomic E-state index is 0.0318. The second kappa shape index (κ2) is 9.16. The maximum atomic E-state index is 13.9. The largest absolute Gasteiger partial charge is 0.338 e. The topological polar surface area (TPSA) is 58.4 Å². The van der Waals surface area contributed by atoms with E-state index in [0.29, 0.717) is 37.2 Å². The van der Waals surface area contributed by atoms with E-state index in [1.54, 1.807) is 9.47 Å². The molecule has 0 spiro atoms. The molecule has 3 aromatic rings. The molecule has 0 N–H and O–H groups in total. The summed E-state index contributed by atoms with van der Waals surface area (Å²) in [4.78, 5) is 34.5. The molecule has 6 nitrogen and oxygen atoms in total. The molecular formula is C26H30F2N4O2. The van der Waals surface area contributed by atoms with E-state index in [9.17, 15) is 18.4 Å². The minimum atomic E-state index is -0.975. The fraction of sp³-hybridized carbons (Fsp3) is 0.423. The summed E-state index contributed by atoms with van der Waals surface area (Å²) in [6.45, 7) is 9.37. The number of fused-ring (bicyclic) bond motifs is 1. The Hall–Kier alpha value is -3.29. The lowest BCUT2D eigenvalue weighted by Crippen LogP contribution is -2.55. The summed E-state index contributed by atoms with van der Waals surface area (Å²) in [7, 11) is 0. The van der Waals surface area contributed by atoms with Crippen molar-refractivity contribution in [2.75, 3.05) is 26.2 Å². The van der Waals surface area contributed by atoms with Crippen LogP contribution < -0.4 is 0 Å². The maximum absolute atomic E-state index is 13.9. The molecule has 1 aliphatic heterocycles. The van der Waals surface area contributed by atoms with E-state index in [4.69, 9.17) is 0 Å². The quantitative estimate of drug-likeness (QED) is 0.565. The van der Waals surface area contributed by atoms with Gasteiger partial charge >= 0.3 is 0 Å². The highest BCUT2D eigenvalue weighted by Crippen LogP contribution is 2.29. The van der Waals surface area contributed by atoms with Crippen LogP contribution in [-0.4, -0.2) is 57.3 Å². The summed E-state index contributed by atoms with van der Waals surface area (Å²) in [6, 6.07) is 11.2. The Labute approximate surface area is 198 Å². The van der Waals surface area contributed by atoms with E-state index in [-0.39, 0.29) is 17.7 Å². The van der Waals surface area contributed by atoms with Crippen LogP contribution in [-0.2, 0) is 15.0 Å². The van der Waals surface area contributed by atoms with E-state index in [1.165, 1.54) is 6.33 Å². The molecule has 2 amide bonds. The Morgan fingerprint density at radius 2 is 1.53 bits per heavy atom. The summed E-state index contributed by atoms with van der Waals surface area (Å²) in [5.74, 6) is -2.13. The summed E-state index contributed by atoms with van der Waals surface area (Å²) in [6.07, 6.45) is 1.47. The third-order valence-corrected chi connectivity index (χ3v) is 6.71. The predicted octanol–water partition coefficient (Wildman–Crippen LogP) is 4.16. The Morgan fingerprint density at radius 1 is 0.941 bits per heavy atom. The molecule has 0 bridgehead atoms. The van der Waals surface area contributed by atoms with Crippen LogP contribution in [0.3, 0.4) is 0 Å². The first kappa shape index (κ1) is 23.9. The molecule has 4 rings (SSSR count). The third-order valence-electron chi connectivity index (χ3n) is 6.71. The van der Waals surface area contributed by atoms with Gasteiger partial charge in [0.15, 0.2) is 11.6 Å². The number of amides is 2. The van der Waals surface area contributed by atoms with E-state index in [1.807, 2.05) is 62.9 Å². The zero-order chi connectivity index (χ0) is 24.6. The fourth-order valence-corrected chi connectivity index (χ4v) is 4.66. The number of benzene rings is 2.